The molecular weight excluding hydrogens is 790 g/mol. The Morgan fingerprint density at radius 1 is 1.12 bits per heavy atom. The van der Waals surface area contributed by atoms with Crippen LogP contribution in [0, 0.1) is 18.7 Å². The van der Waals surface area contributed by atoms with Gasteiger partial charge in [0.2, 0.25) is 27.7 Å². The molecule has 1 saturated heterocycles. The predicted molar refractivity (Wildman–Crippen MR) is 215 cm³/mol. The van der Waals surface area contributed by atoms with Gasteiger partial charge >= 0.3 is 0 Å². The molecule has 0 radical (unpaired) electrons. The second-order valence-corrected chi connectivity index (χ2v) is 19.7. The van der Waals surface area contributed by atoms with Crippen molar-refractivity contribution in [3.8, 4) is 17.4 Å². The fourth-order valence-corrected chi connectivity index (χ4v) is 9.78. The van der Waals surface area contributed by atoms with Gasteiger partial charge in [0.15, 0.2) is 11.6 Å². The highest BCUT2D eigenvalue weighted by Crippen LogP contribution is 2.48. The third-order valence-corrected chi connectivity index (χ3v) is 14.6. The summed E-state index contributed by atoms with van der Waals surface area (Å²) in [6.45, 7) is 7.00. The van der Waals surface area contributed by atoms with E-state index < -0.39 is 73.9 Å². The molecule has 0 unspecified atom stereocenters. The Hall–Kier alpha value is -4.77. The summed E-state index contributed by atoms with van der Waals surface area (Å²) in [5.41, 5.74) is -1.41. The van der Waals surface area contributed by atoms with Gasteiger partial charge in [-0.2, -0.15) is 0 Å². The summed E-state index contributed by atoms with van der Waals surface area (Å²) in [6.07, 6.45) is 6.82. The molecule has 4 amide bonds. The van der Waals surface area contributed by atoms with Crippen molar-refractivity contribution in [2.24, 2.45) is 5.92 Å². The van der Waals surface area contributed by atoms with Crippen LogP contribution in [-0.4, -0.2) is 90.2 Å². The molecule has 0 bridgehead atoms. The van der Waals surface area contributed by atoms with E-state index in [1.807, 2.05) is 39.0 Å². The third kappa shape index (κ3) is 8.38. The standard InChI is InChI=1S/C41H50FN5O9S2/c1-23(2)55-33-20-31(27-14-15-28(42)35(54-5)34(27)44-33)56-26-19-30-36(48)45-41(39(51)46-58(52,53)40(4)17-18-40)21-25(41)11-9-7-6-8-10-12-29(38(50)47(30)22-26)43-37(49)32-16-13-24(3)57-32/h9,11,13-16,20,23,25-26,29-30H,6-8,10,12,17-19,21-22H2,1-5H3,(H,43,49)(H,45,48)(H,46,51)/t25-,26-,29+,30+,41-/m1/s1. The van der Waals surface area contributed by atoms with Crippen molar-refractivity contribution < 1.29 is 46.2 Å². The van der Waals surface area contributed by atoms with Gasteiger partial charge in [-0.1, -0.05) is 25.0 Å². The van der Waals surface area contributed by atoms with Crippen LogP contribution in [-0.2, 0) is 24.4 Å². The number of hydrogen-bond acceptors (Lipinski definition) is 11. The van der Waals surface area contributed by atoms with Crippen molar-refractivity contribution in [3.63, 3.8) is 0 Å². The molecule has 2 saturated carbocycles. The molecule has 2 aromatic heterocycles. The maximum absolute atomic E-state index is 14.9. The molecule has 5 atom stereocenters. The van der Waals surface area contributed by atoms with Crippen molar-refractivity contribution in [1.29, 1.82) is 0 Å². The van der Waals surface area contributed by atoms with Crippen molar-refractivity contribution in [1.82, 2.24) is 25.2 Å². The van der Waals surface area contributed by atoms with Crippen LogP contribution >= 0.6 is 11.3 Å². The summed E-state index contributed by atoms with van der Waals surface area (Å²) in [7, 11) is -2.70. The molecule has 17 heteroatoms. The fraction of sp³-hybridized carbons (Fsp3) is 0.537. The van der Waals surface area contributed by atoms with E-state index in [9.17, 15) is 32.0 Å². The minimum atomic E-state index is -4.02. The largest absolute Gasteiger partial charge is 0.491 e. The lowest BCUT2D eigenvalue weighted by Crippen LogP contribution is -2.58. The molecule has 14 nitrogen and oxygen atoms in total. The smallest absolute Gasteiger partial charge is 0.262 e. The number of benzene rings is 1. The number of nitrogens with one attached hydrogen (secondary N) is 3. The van der Waals surface area contributed by atoms with E-state index in [0.29, 0.717) is 42.4 Å². The van der Waals surface area contributed by atoms with Gasteiger partial charge in [0.1, 0.15) is 35.0 Å². The Bertz CT molecular complexity index is 2260. The molecule has 3 fully saturated rings. The number of sulfonamides is 1. The predicted octanol–water partition coefficient (Wildman–Crippen LogP) is 5.08. The lowest BCUT2D eigenvalue weighted by molar-refractivity contribution is -0.141. The number of fused-ring (bicyclic) bond motifs is 3. The van der Waals surface area contributed by atoms with Gasteiger partial charge < -0.3 is 29.7 Å². The maximum atomic E-state index is 14.9. The monoisotopic (exact) mass is 839 g/mol. The number of methoxy groups -OCH3 is 1. The number of thiophene rings is 1. The van der Waals surface area contributed by atoms with Crippen LogP contribution in [0.15, 0.2) is 42.5 Å². The molecule has 2 aliphatic carbocycles. The quantitative estimate of drug-likeness (QED) is 0.233. The van der Waals surface area contributed by atoms with Gasteiger partial charge in [-0.25, -0.2) is 17.8 Å². The summed E-state index contributed by atoms with van der Waals surface area (Å²) in [5.74, 6) is -3.22. The zero-order chi connectivity index (χ0) is 41.6. The number of pyridine rings is 1. The van der Waals surface area contributed by atoms with Crippen LogP contribution in [0.3, 0.4) is 0 Å². The minimum Gasteiger partial charge on any atom is -0.491 e. The van der Waals surface area contributed by atoms with Crippen molar-refractivity contribution in [2.75, 3.05) is 13.7 Å². The first-order chi connectivity index (χ1) is 27.5. The van der Waals surface area contributed by atoms with Crippen LogP contribution in [0.4, 0.5) is 4.39 Å². The normalized spacial score (nSPS) is 25.8. The zero-order valence-electron chi connectivity index (χ0n) is 33.3. The van der Waals surface area contributed by atoms with Gasteiger partial charge in [-0.05, 0) is 90.5 Å². The average molecular weight is 840 g/mol. The van der Waals surface area contributed by atoms with E-state index in [2.05, 4.69) is 20.3 Å². The highest BCUT2D eigenvalue weighted by Gasteiger charge is 2.63. The first kappa shape index (κ1) is 41.4. The molecule has 1 aromatic carbocycles. The lowest BCUT2D eigenvalue weighted by Gasteiger charge is -2.30. The van der Waals surface area contributed by atoms with E-state index in [0.717, 1.165) is 17.7 Å². The molecule has 3 N–H and O–H groups in total. The molecule has 4 heterocycles. The van der Waals surface area contributed by atoms with Crippen molar-refractivity contribution >= 4 is 55.9 Å². The molecule has 2 aliphatic heterocycles. The first-order valence-corrected chi connectivity index (χ1v) is 22.1. The minimum absolute atomic E-state index is 0.0283. The van der Waals surface area contributed by atoms with Crippen molar-refractivity contribution in [3.05, 3.63) is 58.1 Å². The molecule has 58 heavy (non-hydrogen) atoms. The summed E-state index contributed by atoms with van der Waals surface area (Å²) >= 11 is 1.31. The first-order valence-electron chi connectivity index (χ1n) is 19.8. The second kappa shape index (κ2) is 16.1. The van der Waals surface area contributed by atoms with Crippen LogP contribution in [0.25, 0.3) is 10.9 Å². The van der Waals surface area contributed by atoms with Gasteiger partial charge in [-0.15, -0.1) is 11.3 Å². The molecular formula is C41H50FN5O9S2. The van der Waals surface area contributed by atoms with Crippen LogP contribution < -0.4 is 29.6 Å². The summed E-state index contributed by atoms with van der Waals surface area (Å²) in [6, 6.07) is 5.65. The van der Waals surface area contributed by atoms with Crippen LogP contribution in [0.5, 0.6) is 17.4 Å². The van der Waals surface area contributed by atoms with E-state index in [-0.39, 0.29) is 48.4 Å². The number of aromatic nitrogens is 1. The topological polar surface area (TPSA) is 182 Å². The summed E-state index contributed by atoms with van der Waals surface area (Å²) in [5, 5.41) is 6.21. The molecule has 3 aromatic rings. The van der Waals surface area contributed by atoms with Crippen LogP contribution in [0.1, 0.15) is 93.1 Å². The summed E-state index contributed by atoms with van der Waals surface area (Å²) in [4.78, 5) is 63.9. The fourth-order valence-electron chi connectivity index (χ4n) is 7.69. The van der Waals surface area contributed by atoms with E-state index >= 15 is 0 Å². The second-order valence-electron chi connectivity index (χ2n) is 16.2. The molecule has 4 aliphatic rings. The van der Waals surface area contributed by atoms with Gasteiger partial charge in [0, 0.05) is 28.7 Å². The van der Waals surface area contributed by atoms with E-state index in [1.54, 1.807) is 19.1 Å². The third-order valence-electron chi connectivity index (χ3n) is 11.4. The van der Waals surface area contributed by atoms with Gasteiger partial charge in [0.05, 0.1) is 29.4 Å². The molecule has 7 rings (SSSR count). The number of rotatable bonds is 10. The van der Waals surface area contributed by atoms with Crippen molar-refractivity contribution in [2.45, 2.75) is 120 Å². The molecule has 312 valence electrons. The van der Waals surface area contributed by atoms with Gasteiger partial charge in [0.25, 0.3) is 11.8 Å². The average Bonchev–Trinajstić information content (AvgIpc) is 3.96. The Balaban J connectivity index is 1.23. The van der Waals surface area contributed by atoms with Crippen LogP contribution in [0.2, 0.25) is 0 Å². The Morgan fingerprint density at radius 3 is 2.59 bits per heavy atom. The Labute approximate surface area is 341 Å². The number of nitrogens with zero attached hydrogens (tertiary/aromatic N) is 2. The van der Waals surface area contributed by atoms with E-state index in [1.165, 1.54) is 35.5 Å². The highest BCUT2D eigenvalue weighted by molar-refractivity contribution is 7.91. The Kier molecular flexibility index (Phi) is 11.5. The number of ether oxygens (including phenoxy) is 3. The number of amides is 4. The number of aryl methyl sites for hydroxylation is 1. The number of carbonyl (C=O) groups is 4. The van der Waals surface area contributed by atoms with E-state index in [4.69, 9.17) is 14.2 Å². The lowest BCUT2D eigenvalue weighted by atomic mass is 10.0. The molecule has 0 spiro atoms. The zero-order valence-corrected chi connectivity index (χ0v) is 34.9. The number of allylic oxidation sites excluding steroid dienone is 1. The summed E-state index contributed by atoms with van der Waals surface area (Å²) < 4.78 is 60.3. The van der Waals surface area contributed by atoms with Gasteiger partial charge in [-0.3, -0.25) is 23.9 Å². The Morgan fingerprint density at radius 2 is 1.90 bits per heavy atom. The number of carbonyl (C=O) groups excluding carboxylic acids is 4. The number of hydrogen-bond donors (Lipinski definition) is 3. The number of halogens is 1. The highest BCUT2D eigenvalue weighted by atomic mass is 32.2. The maximum Gasteiger partial charge on any atom is 0.262 e. The SMILES string of the molecule is COc1c(F)ccc2c(O[C@@H]3C[C@H]4C(=O)N[C@]5(C(=O)NS(=O)(=O)C6(C)CC6)C[C@H]5C=CCCCCC[C@H](NC(=O)c5ccc(C)s5)C(=O)N4C3)cc(OC(C)C)nc12.